The fraction of sp³-hybridized carbons (Fsp3) is 0. The topological polar surface area (TPSA) is 71.8 Å². The molecule has 0 saturated carbocycles. The van der Waals surface area contributed by atoms with E-state index in [1.54, 1.807) is 0 Å². The molecule has 0 unspecified atom stereocenters. The standard InChI is InChI=1S/C9H3Cl3FN3O2/c10-4-1-3(8-5(11)2-14-15-8)9(16(17)18)6(12)7(4)13/h1-2H,(H,14,15). The maximum absolute atomic E-state index is 13.4. The minimum absolute atomic E-state index is 0.0288. The molecule has 1 heterocycles. The minimum Gasteiger partial charge on any atom is -0.276 e. The number of nitro benzene ring substituents is 1. The lowest BCUT2D eigenvalue weighted by atomic mass is 10.1. The molecule has 2 aromatic rings. The summed E-state index contributed by atoms with van der Waals surface area (Å²) < 4.78 is 13.4. The molecule has 2 rings (SSSR count). The van der Waals surface area contributed by atoms with Gasteiger partial charge in [-0.05, 0) is 6.07 Å². The van der Waals surface area contributed by atoms with Gasteiger partial charge in [0.15, 0.2) is 10.8 Å². The van der Waals surface area contributed by atoms with Crippen LogP contribution < -0.4 is 0 Å². The Morgan fingerprint density at radius 1 is 1.33 bits per heavy atom. The molecule has 0 amide bonds. The Kier molecular flexibility index (Phi) is 3.43. The predicted molar refractivity (Wildman–Crippen MR) is 65.7 cm³/mol. The van der Waals surface area contributed by atoms with Gasteiger partial charge in [0.2, 0.25) is 0 Å². The van der Waals surface area contributed by atoms with Gasteiger partial charge in [-0.3, -0.25) is 15.2 Å². The van der Waals surface area contributed by atoms with E-state index in [0.29, 0.717) is 0 Å². The molecular formula is C9H3Cl3FN3O2. The summed E-state index contributed by atoms with van der Waals surface area (Å²) >= 11 is 17.0. The first kappa shape index (κ1) is 13.1. The lowest BCUT2D eigenvalue weighted by molar-refractivity contribution is -0.384. The molecule has 0 spiro atoms. The van der Waals surface area contributed by atoms with Crippen LogP contribution in [0.5, 0.6) is 0 Å². The molecule has 1 aromatic carbocycles. The van der Waals surface area contributed by atoms with Gasteiger partial charge >= 0.3 is 0 Å². The summed E-state index contributed by atoms with van der Waals surface area (Å²) in [6.45, 7) is 0. The van der Waals surface area contributed by atoms with Crippen LogP contribution in [0.2, 0.25) is 15.1 Å². The quantitative estimate of drug-likeness (QED) is 0.516. The van der Waals surface area contributed by atoms with Crippen LogP contribution in [0.1, 0.15) is 0 Å². The van der Waals surface area contributed by atoms with Gasteiger partial charge in [0, 0.05) is 0 Å². The van der Waals surface area contributed by atoms with Crippen LogP contribution in [0.25, 0.3) is 11.3 Å². The number of benzene rings is 1. The first-order valence-corrected chi connectivity index (χ1v) is 5.58. The van der Waals surface area contributed by atoms with Crippen molar-refractivity contribution in [3.8, 4) is 11.3 Å². The SMILES string of the molecule is O=[N+]([O-])c1c(-c2[nH]ncc2Cl)cc(Cl)c(F)c1Cl. The third-order valence-electron chi connectivity index (χ3n) is 2.18. The molecule has 0 radical (unpaired) electrons. The van der Waals surface area contributed by atoms with Gasteiger partial charge in [-0.1, -0.05) is 34.8 Å². The fourth-order valence-electron chi connectivity index (χ4n) is 1.41. The number of nitro groups is 1. The number of rotatable bonds is 2. The second-order valence-electron chi connectivity index (χ2n) is 3.23. The van der Waals surface area contributed by atoms with Crippen molar-refractivity contribution in [3.05, 3.63) is 43.3 Å². The highest BCUT2D eigenvalue weighted by atomic mass is 35.5. The number of hydrogen-bond acceptors (Lipinski definition) is 3. The molecule has 0 atom stereocenters. The maximum Gasteiger partial charge on any atom is 0.300 e. The van der Waals surface area contributed by atoms with E-state index >= 15 is 0 Å². The van der Waals surface area contributed by atoms with Crippen molar-refractivity contribution < 1.29 is 9.31 Å². The zero-order valence-electron chi connectivity index (χ0n) is 8.38. The summed E-state index contributed by atoms with van der Waals surface area (Å²) in [5.74, 6) is -1.05. The van der Waals surface area contributed by atoms with Gasteiger partial charge in [-0.25, -0.2) is 4.39 Å². The van der Waals surface area contributed by atoms with Crippen LogP contribution in [-0.4, -0.2) is 15.1 Å². The zero-order valence-corrected chi connectivity index (χ0v) is 10.6. The summed E-state index contributed by atoms with van der Waals surface area (Å²) in [5.41, 5.74) is -0.504. The van der Waals surface area contributed by atoms with E-state index in [1.165, 1.54) is 6.20 Å². The molecule has 1 N–H and O–H groups in total. The Balaban J connectivity index is 2.82. The first-order chi connectivity index (χ1) is 8.43. The molecular weight excluding hydrogens is 307 g/mol. The molecule has 0 saturated heterocycles. The van der Waals surface area contributed by atoms with Crippen LogP contribution in [0.4, 0.5) is 10.1 Å². The average molecular weight is 310 g/mol. The van der Waals surface area contributed by atoms with Gasteiger partial charge < -0.3 is 0 Å². The van der Waals surface area contributed by atoms with Crippen molar-refractivity contribution in [3.63, 3.8) is 0 Å². The zero-order chi connectivity index (χ0) is 13.4. The lowest BCUT2D eigenvalue weighted by Gasteiger charge is -2.05. The number of aromatic nitrogens is 2. The van der Waals surface area contributed by atoms with Crippen LogP contribution >= 0.6 is 34.8 Å². The second-order valence-corrected chi connectivity index (χ2v) is 4.42. The Bertz CT molecular complexity index is 644. The van der Waals surface area contributed by atoms with Crippen molar-refractivity contribution in [1.82, 2.24) is 10.2 Å². The normalized spacial score (nSPS) is 10.7. The summed E-state index contributed by atoms with van der Waals surface area (Å²) in [6.07, 6.45) is 1.26. The fourth-order valence-corrected chi connectivity index (χ4v) is 2.13. The predicted octanol–water partition coefficient (Wildman–Crippen LogP) is 4.08. The van der Waals surface area contributed by atoms with Gasteiger partial charge in [0.05, 0.1) is 32.4 Å². The van der Waals surface area contributed by atoms with Gasteiger partial charge in [-0.15, -0.1) is 0 Å². The molecule has 9 heteroatoms. The molecule has 18 heavy (non-hydrogen) atoms. The van der Waals surface area contributed by atoms with E-state index in [9.17, 15) is 14.5 Å². The summed E-state index contributed by atoms with van der Waals surface area (Å²) in [6, 6.07) is 1.07. The van der Waals surface area contributed by atoms with E-state index in [1.807, 2.05) is 0 Å². The molecule has 94 valence electrons. The Labute approximate surface area is 115 Å². The Hall–Kier alpha value is -1.37. The highest BCUT2D eigenvalue weighted by Gasteiger charge is 2.27. The number of nitrogens with one attached hydrogen (secondary N) is 1. The van der Waals surface area contributed by atoms with Gasteiger partial charge in [-0.2, -0.15) is 5.10 Å². The number of nitrogens with zero attached hydrogens (tertiary/aromatic N) is 2. The number of hydrogen-bond donors (Lipinski definition) is 1. The number of halogens is 4. The number of aromatic amines is 1. The number of H-pyrrole nitrogens is 1. The summed E-state index contributed by atoms with van der Waals surface area (Å²) in [5, 5.41) is 16.2. The van der Waals surface area contributed by atoms with Crippen molar-refractivity contribution in [2.24, 2.45) is 0 Å². The second kappa shape index (κ2) is 4.72. The maximum atomic E-state index is 13.4. The van der Waals surface area contributed by atoms with E-state index in [2.05, 4.69) is 10.2 Å². The van der Waals surface area contributed by atoms with Crippen molar-refractivity contribution in [2.45, 2.75) is 0 Å². The molecule has 0 aliphatic carbocycles. The Morgan fingerprint density at radius 2 is 2.00 bits per heavy atom. The van der Waals surface area contributed by atoms with Crippen LogP contribution in [0.3, 0.4) is 0 Å². The van der Waals surface area contributed by atoms with Crippen molar-refractivity contribution >= 4 is 40.5 Å². The summed E-state index contributed by atoms with van der Waals surface area (Å²) in [4.78, 5) is 10.1. The lowest BCUT2D eigenvalue weighted by Crippen LogP contribution is -1.97. The first-order valence-electron chi connectivity index (χ1n) is 4.44. The third-order valence-corrected chi connectivity index (χ3v) is 3.09. The molecule has 0 bridgehead atoms. The van der Waals surface area contributed by atoms with Crippen LogP contribution in [-0.2, 0) is 0 Å². The van der Waals surface area contributed by atoms with Gasteiger partial charge in [0.1, 0.15) is 0 Å². The van der Waals surface area contributed by atoms with E-state index in [0.717, 1.165) is 6.07 Å². The largest absolute Gasteiger partial charge is 0.300 e. The van der Waals surface area contributed by atoms with Crippen molar-refractivity contribution in [2.75, 3.05) is 0 Å². The highest BCUT2D eigenvalue weighted by molar-refractivity contribution is 6.37. The molecule has 1 aromatic heterocycles. The molecule has 0 fully saturated rings. The van der Waals surface area contributed by atoms with Gasteiger partial charge in [0.25, 0.3) is 5.69 Å². The Morgan fingerprint density at radius 3 is 2.50 bits per heavy atom. The highest BCUT2D eigenvalue weighted by Crippen LogP contribution is 2.41. The van der Waals surface area contributed by atoms with E-state index < -0.39 is 21.5 Å². The van der Waals surface area contributed by atoms with E-state index in [4.69, 9.17) is 34.8 Å². The third kappa shape index (κ3) is 2.03. The van der Waals surface area contributed by atoms with Crippen LogP contribution in [0.15, 0.2) is 12.3 Å². The molecule has 0 aliphatic heterocycles. The minimum atomic E-state index is -1.05. The molecule has 0 aliphatic rings. The van der Waals surface area contributed by atoms with Crippen molar-refractivity contribution in [1.29, 1.82) is 0 Å². The smallest absolute Gasteiger partial charge is 0.276 e. The average Bonchev–Trinajstić information content (AvgIpc) is 2.71. The summed E-state index contributed by atoms with van der Waals surface area (Å²) in [7, 11) is 0. The van der Waals surface area contributed by atoms with Crippen LogP contribution in [0, 0.1) is 15.9 Å². The monoisotopic (exact) mass is 309 g/mol. The van der Waals surface area contributed by atoms with E-state index in [-0.39, 0.29) is 21.3 Å². The molecule has 5 nitrogen and oxygen atoms in total.